The number of piperazine rings is 1. The zero-order valence-corrected chi connectivity index (χ0v) is 18.5. The van der Waals surface area contributed by atoms with Crippen molar-refractivity contribution >= 4 is 40.8 Å². The third-order valence-corrected chi connectivity index (χ3v) is 5.81. The minimum Gasteiger partial charge on any atom is -0.339 e. The number of rotatable bonds is 4. The summed E-state index contributed by atoms with van der Waals surface area (Å²) in [5, 5.41) is 5.63. The molecule has 0 atom stereocenters. The van der Waals surface area contributed by atoms with E-state index >= 15 is 0 Å². The first kappa shape index (κ1) is 22.3. The lowest BCUT2D eigenvalue weighted by molar-refractivity contribution is -0.134. The Kier molecular flexibility index (Phi) is 6.58. The molecule has 5 amide bonds. The molecular weight excluding hydrogens is 422 g/mol. The highest BCUT2D eigenvalue weighted by Gasteiger charge is 2.28. The summed E-state index contributed by atoms with van der Waals surface area (Å²) in [6.07, 6.45) is 0.0864. The summed E-state index contributed by atoms with van der Waals surface area (Å²) >= 11 is 0. The van der Waals surface area contributed by atoms with E-state index in [2.05, 4.69) is 10.6 Å². The lowest BCUT2D eigenvalue weighted by atomic mass is 10.1. The van der Waals surface area contributed by atoms with Crippen molar-refractivity contribution in [1.29, 1.82) is 0 Å². The summed E-state index contributed by atoms with van der Waals surface area (Å²) in [6.45, 7) is 3.60. The first-order valence-corrected chi connectivity index (χ1v) is 11.0. The van der Waals surface area contributed by atoms with Gasteiger partial charge in [0.05, 0.1) is 11.4 Å². The predicted octanol–water partition coefficient (Wildman–Crippen LogP) is 2.44. The lowest BCUT2D eigenvalue weighted by Crippen LogP contribution is -2.51. The molecule has 0 saturated carbocycles. The molecule has 2 aromatic rings. The van der Waals surface area contributed by atoms with E-state index in [1.807, 2.05) is 31.2 Å². The normalized spacial score (nSPS) is 15.5. The van der Waals surface area contributed by atoms with Crippen molar-refractivity contribution in [3.8, 4) is 0 Å². The van der Waals surface area contributed by atoms with Gasteiger partial charge in [-0.2, -0.15) is 0 Å². The number of carbonyl (C=O) groups excluding carboxylic acids is 4. The van der Waals surface area contributed by atoms with Gasteiger partial charge in [-0.3, -0.25) is 14.4 Å². The molecule has 0 aliphatic carbocycles. The number of amides is 5. The molecule has 0 spiro atoms. The predicted molar refractivity (Wildman–Crippen MR) is 125 cm³/mol. The molecule has 1 saturated heterocycles. The Morgan fingerprint density at radius 1 is 0.909 bits per heavy atom. The van der Waals surface area contributed by atoms with Gasteiger partial charge in [-0.05, 0) is 36.8 Å². The van der Waals surface area contributed by atoms with Crippen molar-refractivity contribution < 1.29 is 19.2 Å². The average Bonchev–Trinajstić information content (AvgIpc) is 2.81. The molecule has 4 rings (SSSR count). The number of carbonyl (C=O) groups is 4. The summed E-state index contributed by atoms with van der Waals surface area (Å²) in [5.41, 5.74) is 3.03. The third kappa shape index (κ3) is 5.31. The van der Waals surface area contributed by atoms with Crippen molar-refractivity contribution in [2.45, 2.75) is 19.8 Å². The highest BCUT2D eigenvalue weighted by atomic mass is 16.2. The first-order chi connectivity index (χ1) is 15.9. The molecule has 0 bridgehead atoms. The van der Waals surface area contributed by atoms with Crippen LogP contribution in [0.2, 0.25) is 0 Å². The van der Waals surface area contributed by atoms with Crippen LogP contribution in [-0.4, -0.2) is 66.3 Å². The largest absolute Gasteiger partial charge is 0.339 e. The molecule has 2 aromatic carbocycles. The molecule has 2 N–H and O–H groups in total. The van der Waals surface area contributed by atoms with E-state index in [4.69, 9.17) is 0 Å². The molecule has 1 fully saturated rings. The van der Waals surface area contributed by atoms with E-state index < -0.39 is 0 Å². The Hall–Kier alpha value is -3.88. The standard InChI is InChI=1S/C24H27N5O4/c1-17-5-4-6-18(15-17)25-24(33)28-13-11-27(12-14-28)22(31)9-10-23(32)29-16-21(30)26-19-7-2-3-8-20(19)29/h2-8,15H,9-14,16H2,1H3,(H,25,33)(H,26,30). The second-order valence-corrected chi connectivity index (χ2v) is 8.21. The molecule has 0 aromatic heterocycles. The minimum absolute atomic E-state index is 0.0223. The molecular formula is C24H27N5O4. The topological polar surface area (TPSA) is 102 Å². The van der Waals surface area contributed by atoms with Crippen LogP contribution in [0.4, 0.5) is 21.9 Å². The Morgan fingerprint density at radius 3 is 2.36 bits per heavy atom. The number of fused-ring (bicyclic) bond motifs is 1. The van der Waals surface area contributed by atoms with E-state index in [-0.39, 0.29) is 43.1 Å². The quantitative estimate of drug-likeness (QED) is 0.749. The number of anilines is 3. The van der Waals surface area contributed by atoms with Gasteiger partial charge in [0.2, 0.25) is 17.7 Å². The van der Waals surface area contributed by atoms with Gasteiger partial charge in [-0.15, -0.1) is 0 Å². The second-order valence-electron chi connectivity index (χ2n) is 8.21. The summed E-state index contributed by atoms with van der Waals surface area (Å²) in [4.78, 5) is 54.6. The fourth-order valence-corrected chi connectivity index (χ4v) is 4.05. The van der Waals surface area contributed by atoms with Gasteiger partial charge >= 0.3 is 6.03 Å². The molecule has 172 valence electrons. The SMILES string of the molecule is Cc1cccc(NC(=O)N2CCN(C(=O)CCC(=O)N3CC(=O)Nc4ccccc43)CC2)c1. The van der Waals surface area contributed by atoms with Crippen LogP contribution in [0.25, 0.3) is 0 Å². The molecule has 0 radical (unpaired) electrons. The maximum atomic E-state index is 12.7. The smallest absolute Gasteiger partial charge is 0.321 e. The Balaban J connectivity index is 1.25. The van der Waals surface area contributed by atoms with Crippen LogP contribution >= 0.6 is 0 Å². The van der Waals surface area contributed by atoms with Crippen LogP contribution in [0.1, 0.15) is 18.4 Å². The number of nitrogens with zero attached hydrogens (tertiary/aromatic N) is 3. The van der Waals surface area contributed by atoms with Crippen LogP contribution in [0, 0.1) is 6.92 Å². The minimum atomic E-state index is -0.262. The van der Waals surface area contributed by atoms with Crippen LogP contribution in [0.5, 0.6) is 0 Å². The molecule has 2 aliphatic rings. The molecule has 33 heavy (non-hydrogen) atoms. The van der Waals surface area contributed by atoms with Crippen molar-refractivity contribution in [1.82, 2.24) is 9.80 Å². The molecule has 0 unspecified atom stereocenters. The fraction of sp³-hybridized carbons (Fsp3) is 0.333. The van der Waals surface area contributed by atoms with Crippen LogP contribution in [-0.2, 0) is 14.4 Å². The van der Waals surface area contributed by atoms with Gasteiger partial charge in [-0.25, -0.2) is 4.79 Å². The maximum Gasteiger partial charge on any atom is 0.321 e. The van der Waals surface area contributed by atoms with Crippen molar-refractivity contribution in [2.24, 2.45) is 0 Å². The van der Waals surface area contributed by atoms with Gasteiger partial charge in [0.25, 0.3) is 0 Å². The summed E-state index contributed by atoms with van der Waals surface area (Å²) in [7, 11) is 0. The molecule has 9 nitrogen and oxygen atoms in total. The highest BCUT2D eigenvalue weighted by molar-refractivity contribution is 6.10. The van der Waals surface area contributed by atoms with Gasteiger partial charge in [0.1, 0.15) is 6.54 Å². The van der Waals surface area contributed by atoms with E-state index in [9.17, 15) is 19.2 Å². The molecule has 2 heterocycles. The molecule has 2 aliphatic heterocycles. The van der Waals surface area contributed by atoms with Crippen molar-refractivity contribution in [3.05, 3.63) is 54.1 Å². The van der Waals surface area contributed by atoms with Crippen molar-refractivity contribution in [2.75, 3.05) is 48.3 Å². The summed E-state index contributed by atoms with van der Waals surface area (Å²) in [5.74, 6) is -0.646. The number of nitrogens with one attached hydrogen (secondary N) is 2. The number of hydrogen-bond acceptors (Lipinski definition) is 4. The maximum absolute atomic E-state index is 12.7. The van der Waals surface area contributed by atoms with E-state index in [0.717, 1.165) is 11.3 Å². The fourth-order valence-electron chi connectivity index (χ4n) is 4.05. The van der Waals surface area contributed by atoms with Crippen LogP contribution in [0.15, 0.2) is 48.5 Å². The Bertz CT molecular complexity index is 1080. The van der Waals surface area contributed by atoms with E-state index in [0.29, 0.717) is 37.6 Å². The van der Waals surface area contributed by atoms with E-state index in [1.165, 1.54) is 4.90 Å². The van der Waals surface area contributed by atoms with Gasteiger partial charge in [0.15, 0.2) is 0 Å². The van der Waals surface area contributed by atoms with Crippen molar-refractivity contribution in [3.63, 3.8) is 0 Å². The average molecular weight is 450 g/mol. The monoisotopic (exact) mass is 449 g/mol. The van der Waals surface area contributed by atoms with Gasteiger partial charge < -0.3 is 25.3 Å². The summed E-state index contributed by atoms with van der Waals surface area (Å²) < 4.78 is 0. The van der Waals surface area contributed by atoms with E-state index in [1.54, 1.807) is 34.1 Å². The number of hydrogen-bond donors (Lipinski definition) is 2. The zero-order chi connectivity index (χ0) is 23.4. The lowest BCUT2D eigenvalue weighted by Gasteiger charge is -2.35. The van der Waals surface area contributed by atoms with Crippen LogP contribution in [0.3, 0.4) is 0 Å². The third-order valence-electron chi connectivity index (χ3n) is 5.81. The number of urea groups is 1. The van der Waals surface area contributed by atoms with Gasteiger partial charge in [-0.1, -0.05) is 24.3 Å². The Morgan fingerprint density at radius 2 is 1.61 bits per heavy atom. The highest BCUT2D eigenvalue weighted by Crippen LogP contribution is 2.29. The van der Waals surface area contributed by atoms with Gasteiger partial charge in [0, 0.05) is 44.7 Å². The number of benzene rings is 2. The Labute approximate surface area is 192 Å². The first-order valence-electron chi connectivity index (χ1n) is 11.0. The summed E-state index contributed by atoms with van der Waals surface area (Å²) in [6, 6.07) is 14.5. The zero-order valence-electron chi connectivity index (χ0n) is 18.5. The molecule has 9 heteroatoms. The number of para-hydroxylation sites is 2. The second kappa shape index (κ2) is 9.72. The number of aryl methyl sites for hydroxylation is 1. The van der Waals surface area contributed by atoms with Crippen LogP contribution < -0.4 is 15.5 Å².